The minimum absolute atomic E-state index is 0.0205. The van der Waals surface area contributed by atoms with Crippen molar-refractivity contribution < 1.29 is 58.8 Å². The highest BCUT2D eigenvalue weighted by molar-refractivity contribution is 7.86. The maximum atomic E-state index is 12.4. The number of aromatic nitrogens is 3. The number of carboxylic acids is 1. The second kappa shape index (κ2) is 16.3. The molecule has 0 bridgehead atoms. The van der Waals surface area contributed by atoms with Crippen LogP contribution in [0.25, 0.3) is 22.9 Å². The smallest absolute Gasteiger partial charge is 0.337 e. The van der Waals surface area contributed by atoms with E-state index in [-0.39, 0.29) is 61.4 Å². The van der Waals surface area contributed by atoms with Gasteiger partial charge in [0.05, 0.1) is 16.2 Å². The number of non-ortho nitro benzene ring substituents is 1. The summed E-state index contributed by atoms with van der Waals surface area (Å²) >= 11 is 6.15. The van der Waals surface area contributed by atoms with E-state index in [1.54, 1.807) is 0 Å². The topological polar surface area (TPSA) is 354 Å². The quantitative estimate of drug-likeness (QED) is 0.0235. The van der Waals surface area contributed by atoms with Crippen LogP contribution >= 0.6 is 11.6 Å². The maximum Gasteiger partial charge on any atom is 0.337 e. The highest BCUT2D eigenvalue weighted by atomic mass is 35.5. The van der Waals surface area contributed by atoms with E-state index in [0.29, 0.717) is 6.07 Å². The van der Waals surface area contributed by atoms with Gasteiger partial charge in [0, 0.05) is 23.2 Å². The zero-order valence-corrected chi connectivity index (χ0v) is 32.6. The van der Waals surface area contributed by atoms with E-state index in [1.165, 1.54) is 54.6 Å². The first-order chi connectivity index (χ1) is 28.1. The highest BCUT2D eigenvalue weighted by Gasteiger charge is 2.23. The summed E-state index contributed by atoms with van der Waals surface area (Å²) in [5.74, 6) is -2.34. The van der Waals surface area contributed by atoms with Crippen molar-refractivity contribution in [3.8, 4) is 5.75 Å². The van der Waals surface area contributed by atoms with Gasteiger partial charge in [0.1, 0.15) is 26.1 Å². The third-order valence-electron chi connectivity index (χ3n) is 8.04. The molecule has 0 unspecified atom stereocenters. The number of phenolic OH excluding ortho intramolecular Hbond substituents is 1. The van der Waals surface area contributed by atoms with Crippen molar-refractivity contribution in [2.45, 2.75) is 14.7 Å². The van der Waals surface area contributed by atoms with Crippen LogP contribution in [0.5, 0.6) is 5.75 Å². The Morgan fingerprint density at radius 3 is 2.17 bits per heavy atom. The predicted octanol–water partition coefficient (Wildman–Crippen LogP) is 6.23. The van der Waals surface area contributed by atoms with Gasteiger partial charge in [-0.3, -0.25) is 28.8 Å². The SMILES string of the molecule is O=C(O)c1ccccc1N=Nc1c(S(=O)(=O)O)cc2cc(Nc3nc(Cl)[nH]c(=Nc4ccc(/C=C/c5ccc([N+](=O)[O-])cc5S(=O)(=O)O)cc4S(=O)(=O)O)n3)ccc2c1O. The number of benzene rings is 5. The van der Waals surface area contributed by atoms with Gasteiger partial charge in [-0.15, -0.1) is 10.2 Å². The van der Waals surface area contributed by atoms with Crippen LogP contribution in [-0.4, -0.2) is 75.0 Å². The summed E-state index contributed by atoms with van der Waals surface area (Å²) in [6.07, 6.45) is 2.31. The van der Waals surface area contributed by atoms with Crippen LogP contribution in [0.15, 0.2) is 115 Å². The molecule has 1 aromatic heterocycles. The molecule has 0 aliphatic carbocycles. The molecule has 0 aliphatic heterocycles. The number of phenols is 1. The number of nitro benzene ring substituents is 1. The number of hydrogen-bond acceptors (Lipinski definition) is 16. The van der Waals surface area contributed by atoms with Crippen LogP contribution in [0.4, 0.5) is 34.4 Å². The molecule has 0 fully saturated rings. The van der Waals surface area contributed by atoms with Gasteiger partial charge in [-0.1, -0.05) is 30.4 Å². The largest absolute Gasteiger partial charge is 0.505 e. The second-order valence-corrected chi connectivity index (χ2v) is 16.5. The number of nitrogens with one attached hydrogen (secondary N) is 2. The molecule has 7 N–H and O–H groups in total. The van der Waals surface area contributed by atoms with E-state index in [2.05, 4.69) is 35.5 Å². The molecule has 26 heteroatoms. The van der Waals surface area contributed by atoms with Crippen molar-refractivity contribution >= 4 is 105 Å². The fourth-order valence-electron chi connectivity index (χ4n) is 5.40. The van der Waals surface area contributed by atoms with Gasteiger partial charge in [-0.2, -0.15) is 35.2 Å². The first-order valence-corrected chi connectivity index (χ1v) is 20.8. The third-order valence-corrected chi connectivity index (χ3v) is 10.9. The zero-order valence-electron chi connectivity index (χ0n) is 29.4. The van der Waals surface area contributed by atoms with E-state index >= 15 is 0 Å². The molecule has 0 atom stereocenters. The Morgan fingerprint density at radius 1 is 0.800 bits per heavy atom. The molecule has 6 rings (SSSR count). The number of H-pyrrole nitrogens is 1. The Morgan fingerprint density at radius 2 is 1.50 bits per heavy atom. The highest BCUT2D eigenvalue weighted by Crippen LogP contribution is 2.42. The number of aromatic hydroxyl groups is 1. The van der Waals surface area contributed by atoms with Gasteiger partial charge >= 0.3 is 5.97 Å². The summed E-state index contributed by atoms with van der Waals surface area (Å²) in [6.45, 7) is 0. The molecule has 60 heavy (non-hydrogen) atoms. The lowest BCUT2D eigenvalue weighted by Crippen LogP contribution is -2.16. The normalized spacial score (nSPS) is 12.7. The Labute approximate surface area is 341 Å². The van der Waals surface area contributed by atoms with Crippen molar-refractivity contribution in [3.05, 3.63) is 123 Å². The average molecular weight is 899 g/mol. The summed E-state index contributed by atoms with van der Waals surface area (Å²) < 4.78 is 103. The van der Waals surface area contributed by atoms with E-state index in [4.69, 9.17) is 11.6 Å². The molecule has 0 saturated heterocycles. The van der Waals surface area contributed by atoms with Gasteiger partial charge in [-0.25, -0.2) is 9.79 Å². The fourth-order valence-corrected chi connectivity index (χ4v) is 7.59. The van der Waals surface area contributed by atoms with Gasteiger partial charge < -0.3 is 15.5 Å². The molecule has 0 radical (unpaired) electrons. The van der Waals surface area contributed by atoms with Crippen LogP contribution in [0.2, 0.25) is 5.28 Å². The lowest BCUT2D eigenvalue weighted by Gasteiger charge is -2.11. The molecule has 6 aromatic rings. The van der Waals surface area contributed by atoms with Gasteiger partial charge in [0.2, 0.25) is 16.9 Å². The predicted molar refractivity (Wildman–Crippen MR) is 211 cm³/mol. The molecule has 0 saturated carbocycles. The Bertz CT molecular complexity index is 3270. The maximum absolute atomic E-state index is 12.4. The molecule has 0 aliphatic rings. The van der Waals surface area contributed by atoms with Crippen LogP contribution in [0.3, 0.4) is 0 Å². The van der Waals surface area contributed by atoms with Gasteiger partial charge in [0.25, 0.3) is 36.0 Å². The lowest BCUT2D eigenvalue weighted by molar-refractivity contribution is -0.385. The van der Waals surface area contributed by atoms with Crippen LogP contribution in [-0.2, 0) is 30.4 Å². The summed E-state index contributed by atoms with van der Waals surface area (Å²) in [7, 11) is -15.0. The first-order valence-electron chi connectivity index (χ1n) is 16.1. The summed E-state index contributed by atoms with van der Waals surface area (Å²) in [5.41, 5.74) is -2.46. The van der Waals surface area contributed by atoms with Gasteiger partial charge in [0.15, 0.2) is 5.75 Å². The second-order valence-electron chi connectivity index (χ2n) is 12.0. The number of aromatic amines is 1. The van der Waals surface area contributed by atoms with Crippen molar-refractivity contribution in [2.75, 3.05) is 5.32 Å². The minimum atomic E-state index is -5.06. The van der Waals surface area contributed by atoms with Crippen LogP contribution in [0, 0.1) is 10.1 Å². The third kappa shape index (κ3) is 9.64. The fraction of sp³-hybridized carbons (Fsp3) is 0. The average Bonchev–Trinajstić information content (AvgIpc) is 3.15. The van der Waals surface area contributed by atoms with Crippen molar-refractivity contribution in [1.82, 2.24) is 15.0 Å². The number of halogens is 1. The number of anilines is 2. The summed E-state index contributed by atoms with van der Waals surface area (Å²) in [4.78, 5) is 34.1. The Balaban J connectivity index is 1.34. The van der Waals surface area contributed by atoms with Crippen molar-refractivity contribution in [3.63, 3.8) is 0 Å². The summed E-state index contributed by atoms with van der Waals surface area (Å²) in [6, 6.07) is 16.4. The molecule has 1 heterocycles. The van der Waals surface area contributed by atoms with Crippen molar-refractivity contribution in [2.24, 2.45) is 15.2 Å². The molecular formula is C34H23ClN8O14S3. The molecule has 308 valence electrons. The number of hydrogen-bond donors (Lipinski definition) is 7. The number of aromatic carboxylic acids is 1. The number of carboxylic acid groups (broad SMARTS) is 1. The van der Waals surface area contributed by atoms with E-state index < -0.39 is 73.1 Å². The molecule has 5 aromatic carbocycles. The van der Waals surface area contributed by atoms with Crippen LogP contribution in [0.1, 0.15) is 21.5 Å². The van der Waals surface area contributed by atoms with Crippen molar-refractivity contribution in [1.29, 1.82) is 0 Å². The Hall–Kier alpha value is -7.00. The van der Waals surface area contributed by atoms with Crippen LogP contribution < -0.4 is 10.9 Å². The summed E-state index contributed by atoms with van der Waals surface area (Å²) in [5, 5.41) is 41.6. The minimum Gasteiger partial charge on any atom is -0.505 e. The molecular weight excluding hydrogens is 876 g/mol. The number of fused-ring (bicyclic) bond motifs is 1. The first kappa shape index (κ1) is 42.6. The van der Waals surface area contributed by atoms with Gasteiger partial charge in [-0.05, 0) is 82.7 Å². The number of rotatable bonds is 12. The van der Waals surface area contributed by atoms with E-state index in [1.807, 2.05) is 0 Å². The standard InChI is InChI=1S/C34H23ClN8O14S3/c35-32-38-33(36-20-9-11-22-19(14-20)15-28(60(55,56)57)29(30(22)44)42-41-24-4-2-1-3-23(24)31(45)46)40-34(39-32)37-25-12-6-17(13-27(25)59(52,53)54)5-7-18-8-10-21(43(47)48)16-26(18)58(49,50)51/h1-16,44H,(H,45,46)(H,49,50,51)(H,52,53,54)(H,55,56,57)(H2,36,37,38,39,40)/b7-5+,42-41?. The number of nitrogens with zero attached hydrogens (tertiary/aromatic N) is 6. The van der Waals surface area contributed by atoms with E-state index in [9.17, 15) is 64.0 Å². The molecule has 0 spiro atoms. The molecule has 0 amide bonds. The number of azo groups is 1. The molecule has 22 nitrogen and oxygen atoms in total. The lowest BCUT2D eigenvalue weighted by atomic mass is 10.1. The number of nitro groups is 1. The monoisotopic (exact) mass is 898 g/mol. The zero-order chi connectivity index (χ0) is 43.7. The van der Waals surface area contributed by atoms with E-state index in [0.717, 1.165) is 36.4 Å². The number of carbonyl (C=O) groups is 1. The Kier molecular flexibility index (Phi) is 11.6.